The molecule has 0 aromatic carbocycles. The monoisotopic (exact) mass is 822 g/mol. The molecule has 4 aliphatic heterocycles. The first-order chi connectivity index (χ1) is 25.8. The normalized spacial score (nSPS) is 20.9. The fourth-order valence-electron chi connectivity index (χ4n) is 7.40. The van der Waals surface area contributed by atoms with E-state index in [1.807, 2.05) is 48.5 Å². The SMILES string of the molecule is CCOC(=O)C(C1CCN(C(=O)OC(C)(C)C)CC1)N1CCC(=O)CC1.CCOC(=O)C(C1CCN(C(=O)OC(C)(C)C)CC1)N1CCC(O)CC1.ClCCl. The van der Waals surface area contributed by atoms with Gasteiger partial charge in [-0.2, -0.15) is 0 Å². The number of Topliss-reactive ketones (excluding diaryl/α,β-unsaturated/α-hetero) is 1. The van der Waals surface area contributed by atoms with Crippen molar-refractivity contribution in [3.05, 3.63) is 0 Å². The molecular weight excluding hydrogens is 755 g/mol. The maximum Gasteiger partial charge on any atom is 0.410 e. The number of alkyl halides is 2. The first-order valence-electron chi connectivity index (χ1n) is 19.9. The Morgan fingerprint density at radius 1 is 0.636 bits per heavy atom. The molecule has 16 heteroatoms. The third-order valence-corrected chi connectivity index (χ3v) is 9.97. The lowest BCUT2D eigenvalue weighted by Gasteiger charge is -2.41. The number of ether oxygens (including phenoxy) is 4. The van der Waals surface area contributed by atoms with E-state index in [1.165, 1.54) is 0 Å². The van der Waals surface area contributed by atoms with E-state index in [0.29, 0.717) is 91.3 Å². The summed E-state index contributed by atoms with van der Waals surface area (Å²) in [7, 11) is 0. The number of piperidine rings is 4. The summed E-state index contributed by atoms with van der Waals surface area (Å²) in [4.78, 5) is 68.8. The Hall–Kier alpha value is -2.39. The van der Waals surface area contributed by atoms with Gasteiger partial charge in [0, 0.05) is 65.2 Å². The highest BCUT2D eigenvalue weighted by Crippen LogP contribution is 2.30. The van der Waals surface area contributed by atoms with Crippen LogP contribution in [-0.2, 0) is 33.3 Å². The van der Waals surface area contributed by atoms with Crippen molar-refractivity contribution in [1.29, 1.82) is 0 Å². The number of esters is 2. The van der Waals surface area contributed by atoms with Crippen LogP contribution in [0.5, 0.6) is 0 Å². The number of ketones is 1. The van der Waals surface area contributed by atoms with Crippen LogP contribution < -0.4 is 0 Å². The van der Waals surface area contributed by atoms with Crippen molar-refractivity contribution >= 4 is 53.1 Å². The van der Waals surface area contributed by atoms with Crippen LogP contribution in [0, 0.1) is 11.8 Å². The average Bonchev–Trinajstić information content (AvgIpc) is 3.10. The number of halogens is 2. The maximum absolute atomic E-state index is 12.6. The lowest BCUT2D eigenvalue weighted by molar-refractivity contribution is -0.154. The zero-order valence-electron chi connectivity index (χ0n) is 34.5. The summed E-state index contributed by atoms with van der Waals surface area (Å²) in [6.45, 7) is 20.4. The van der Waals surface area contributed by atoms with Gasteiger partial charge in [-0.05, 0) is 106 Å². The zero-order valence-corrected chi connectivity index (χ0v) is 36.0. The molecule has 0 aromatic rings. The highest BCUT2D eigenvalue weighted by Gasteiger charge is 2.41. The number of carbonyl (C=O) groups excluding carboxylic acids is 5. The summed E-state index contributed by atoms with van der Waals surface area (Å²) >= 11 is 9.53. The maximum atomic E-state index is 12.6. The molecule has 4 rings (SSSR count). The van der Waals surface area contributed by atoms with Crippen molar-refractivity contribution in [3.63, 3.8) is 0 Å². The number of hydrogen-bond acceptors (Lipinski definition) is 12. The molecule has 2 amide bonds. The molecule has 2 unspecified atom stereocenters. The summed E-state index contributed by atoms with van der Waals surface area (Å²) in [5.74, 6) is 0.143. The third kappa shape index (κ3) is 17.3. The summed E-state index contributed by atoms with van der Waals surface area (Å²) < 4.78 is 21.5. The molecule has 318 valence electrons. The molecule has 4 fully saturated rings. The first kappa shape index (κ1) is 48.8. The first-order valence-corrected chi connectivity index (χ1v) is 21.0. The Kier molecular flexibility index (Phi) is 21.1. The summed E-state index contributed by atoms with van der Waals surface area (Å²) in [6, 6.07) is -0.618. The van der Waals surface area contributed by atoms with Crippen LogP contribution in [0.15, 0.2) is 0 Å². The van der Waals surface area contributed by atoms with Gasteiger partial charge in [0.05, 0.1) is 24.7 Å². The Morgan fingerprint density at radius 2 is 0.964 bits per heavy atom. The zero-order chi connectivity index (χ0) is 41.3. The molecule has 0 aliphatic carbocycles. The van der Waals surface area contributed by atoms with Crippen molar-refractivity contribution < 1.29 is 48.0 Å². The van der Waals surface area contributed by atoms with E-state index in [-0.39, 0.29) is 65.3 Å². The molecule has 0 spiro atoms. The van der Waals surface area contributed by atoms with Crippen molar-refractivity contribution in [1.82, 2.24) is 19.6 Å². The van der Waals surface area contributed by atoms with Crippen molar-refractivity contribution in [2.45, 2.75) is 136 Å². The molecule has 0 saturated carbocycles. The van der Waals surface area contributed by atoms with Crippen LogP contribution >= 0.6 is 23.2 Å². The fourth-order valence-corrected chi connectivity index (χ4v) is 7.40. The van der Waals surface area contributed by atoms with Crippen LogP contribution in [0.2, 0.25) is 0 Å². The van der Waals surface area contributed by atoms with Gasteiger partial charge in [-0.25, -0.2) is 9.59 Å². The smallest absolute Gasteiger partial charge is 0.410 e. The molecule has 0 radical (unpaired) electrons. The van der Waals surface area contributed by atoms with E-state index in [1.54, 1.807) is 16.7 Å². The Morgan fingerprint density at radius 3 is 1.27 bits per heavy atom. The highest BCUT2D eigenvalue weighted by molar-refractivity contribution is 6.40. The molecule has 14 nitrogen and oxygen atoms in total. The van der Waals surface area contributed by atoms with E-state index in [2.05, 4.69) is 9.80 Å². The summed E-state index contributed by atoms with van der Waals surface area (Å²) in [5.41, 5.74) is -1.02. The number of aliphatic hydroxyl groups excluding tert-OH is 1. The molecular formula is C39H68Cl2N4O10. The number of hydrogen-bond donors (Lipinski definition) is 1. The van der Waals surface area contributed by atoms with Gasteiger partial charge in [0.15, 0.2) is 0 Å². The number of carbonyl (C=O) groups is 5. The number of amides is 2. The second-order valence-corrected chi connectivity index (χ2v) is 17.3. The number of nitrogens with zero attached hydrogens (tertiary/aromatic N) is 4. The Bertz CT molecular complexity index is 1200. The van der Waals surface area contributed by atoms with E-state index in [4.69, 9.17) is 42.1 Å². The second kappa shape index (κ2) is 23.7. The van der Waals surface area contributed by atoms with Crippen molar-refractivity contribution in [3.8, 4) is 0 Å². The minimum absolute atomic E-state index is 0.126. The quantitative estimate of drug-likeness (QED) is 0.182. The highest BCUT2D eigenvalue weighted by atomic mass is 35.5. The topological polar surface area (TPSA) is 155 Å². The van der Waals surface area contributed by atoms with Gasteiger partial charge in [-0.3, -0.25) is 24.2 Å². The fraction of sp³-hybridized carbons (Fsp3) is 0.872. The predicted molar refractivity (Wildman–Crippen MR) is 211 cm³/mol. The summed E-state index contributed by atoms with van der Waals surface area (Å²) in [6.07, 6.45) is 4.46. The Balaban J connectivity index is 0.000000355. The molecule has 4 aliphatic rings. The second-order valence-electron chi connectivity index (χ2n) is 16.4. The molecule has 55 heavy (non-hydrogen) atoms. The van der Waals surface area contributed by atoms with Gasteiger partial charge in [0.1, 0.15) is 29.1 Å². The van der Waals surface area contributed by atoms with Crippen LogP contribution in [0.4, 0.5) is 9.59 Å². The van der Waals surface area contributed by atoms with E-state index < -0.39 is 11.2 Å². The molecule has 4 saturated heterocycles. The molecule has 2 atom stereocenters. The number of rotatable bonds is 8. The lowest BCUT2D eigenvalue weighted by atomic mass is 9.87. The predicted octanol–water partition coefficient (Wildman–Crippen LogP) is 5.67. The standard InChI is InChI=1S/C19H34N2O5.C19H32N2O5.CH2Cl2/c2*1-5-25-17(23)16(20-12-8-15(22)9-13-20)14-6-10-21(11-7-14)18(24)26-19(2,3)4;2-1-3/h14-16,22H,5-13H2,1-4H3;14,16H,5-13H2,1-4H3;1H2. The minimum atomic E-state index is -0.512. The van der Waals surface area contributed by atoms with E-state index in [9.17, 15) is 29.1 Å². The number of aliphatic hydroxyl groups is 1. The van der Waals surface area contributed by atoms with E-state index >= 15 is 0 Å². The van der Waals surface area contributed by atoms with Gasteiger partial charge < -0.3 is 33.9 Å². The molecule has 1 N–H and O–H groups in total. The van der Waals surface area contributed by atoms with Crippen LogP contribution in [0.25, 0.3) is 0 Å². The van der Waals surface area contributed by atoms with Gasteiger partial charge in [0.25, 0.3) is 0 Å². The minimum Gasteiger partial charge on any atom is -0.465 e. The Labute approximate surface area is 338 Å². The van der Waals surface area contributed by atoms with Crippen LogP contribution in [0.3, 0.4) is 0 Å². The van der Waals surface area contributed by atoms with Gasteiger partial charge in [-0.15, -0.1) is 23.2 Å². The van der Waals surface area contributed by atoms with Gasteiger partial charge in [-0.1, -0.05) is 0 Å². The lowest BCUT2D eigenvalue weighted by Crippen LogP contribution is -2.53. The van der Waals surface area contributed by atoms with Crippen LogP contribution in [0.1, 0.15) is 107 Å². The molecule has 0 bridgehead atoms. The van der Waals surface area contributed by atoms with Gasteiger partial charge >= 0.3 is 24.1 Å². The molecule has 0 aromatic heterocycles. The van der Waals surface area contributed by atoms with Crippen LogP contribution in [-0.4, -0.2) is 155 Å². The summed E-state index contributed by atoms with van der Waals surface area (Å²) in [5, 5.41) is 9.94. The van der Waals surface area contributed by atoms with E-state index in [0.717, 1.165) is 25.7 Å². The van der Waals surface area contributed by atoms with Crippen molar-refractivity contribution in [2.75, 3.05) is 70.9 Å². The largest absolute Gasteiger partial charge is 0.465 e. The third-order valence-electron chi connectivity index (χ3n) is 9.97. The number of likely N-dealkylation sites (tertiary alicyclic amines) is 4. The van der Waals surface area contributed by atoms with Gasteiger partial charge in [0.2, 0.25) is 0 Å². The van der Waals surface area contributed by atoms with Crippen molar-refractivity contribution in [2.24, 2.45) is 11.8 Å². The average molecular weight is 824 g/mol. The molecule has 4 heterocycles.